The molecule has 0 bridgehead atoms. The van der Waals surface area contributed by atoms with E-state index >= 15 is 0 Å². The number of likely N-dealkylation sites (tertiary alicyclic amines) is 2. The third-order valence-corrected chi connectivity index (χ3v) is 6.29. The van der Waals surface area contributed by atoms with Crippen LogP contribution >= 0.6 is 0 Å². The normalized spacial score (nSPS) is 28.4. The van der Waals surface area contributed by atoms with Gasteiger partial charge in [0.05, 0.1) is 7.11 Å². The van der Waals surface area contributed by atoms with Gasteiger partial charge in [0.15, 0.2) is 0 Å². The van der Waals surface area contributed by atoms with Crippen LogP contribution in [-0.2, 0) is 6.42 Å². The number of piperidine rings is 1. The lowest BCUT2D eigenvalue weighted by atomic mass is 9.79. The smallest absolute Gasteiger partial charge is 0.122 e. The van der Waals surface area contributed by atoms with Gasteiger partial charge < -0.3 is 9.64 Å². The van der Waals surface area contributed by atoms with Crippen molar-refractivity contribution in [3.63, 3.8) is 0 Å². The summed E-state index contributed by atoms with van der Waals surface area (Å²) >= 11 is 0. The molecule has 0 unspecified atom stereocenters. The fraction of sp³-hybridized carbons (Fsp3) is 0.700. The lowest BCUT2D eigenvalue weighted by molar-refractivity contribution is 0.164. The molecule has 1 aliphatic carbocycles. The molecule has 0 amide bonds. The Hall–Kier alpha value is -1.06. The van der Waals surface area contributed by atoms with E-state index in [-0.39, 0.29) is 0 Å². The first-order valence-corrected chi connectivity index (χ1v) is 9.49. The first-order valence-electron chi connectivity index (χ1n) is 9.49. The number of nitrogens with zero attached hydrogens (tertiary/aromatic N) is 2. The summed E-state index contributed by atoms with van der Waals surface area (Å²) in [4.78, 5) is 5.46. The standard InChI is InChI=1S/C20H30N2O/c1-23-20-7-5-6-16-17-10-13-22(19(17)9-8-18(16)20)15-14-21-11-3-2-4-12-21/h5-7,17,19H,2-4,8-15H2,1H3/t17-,19+/m1/s1. The van der Waals surface area contributed by atoms with Crippen LogP contribution in [0.25, 0.3) is 0 Å². The van der Waals surface area contributed by atoms with Crippen LogP contribution in [0.5, 0.6) is 5.75 Å². The molecule has 0 spiro atoms. The van der Waals surface area contributed by atoms with Crippen molar-refractivity contribution in [1.29, 1.82) is 0 Å². The van der Waals surface area contributed by atoms with Gasteiger partial charge in [0.25, 0.3) is 0 Å². The summed E-state index contributed by atoms with van der Waals surface area (Å²) in [5, 5.41) is 0. The van der Waals surface area contributed by atoms with Crippen molar-refractivity contribution >= 4 is 0 Å². The zero-order chi connectivity index (χ0) is 15.6. The van der Waals surface area contributed by atoms with E-state index in [1.54, 1.807) is 12.7 Å². The number of benzene rings is 1. The predicted octanol–water partition coefficient (Wildman–Crippen LogP) is 3.29. The highest BCUT2D eigenvalue weighted by Gasteiger charge is 2.39. The third-order valence-electron chi connectivity index (χ3n) is 6.29. The van der Waals surface area contributed by atoms with Crippen molar-refractivity contribution < 1.29 is 4.74 Å². The second-order valence-corrected chi connectivity index (χ2v) is 7.47. The molecule has 2 saturated heterocycles. The van der Waals surface area contributed by atoms with Crippen molar-refractivity contribution in [3.05, 3.63) is 29.3 Å². The lowest BCUT2D eigenvalue weighted by Gasteiger charge is -2.35. The van der Waals surface area contributed by atoms with E-state index in [4.69, 9.17) is 4.74 Å². The van der Waals surface area contributed by atoms with E-state index in [0.29, 0.717) is 0 Å². The average molecular weight is 314 g/mol. The van der Waals surface area contributed by atoms with Crippen LogP contribution in [0.2, 0.25) is 0 Å². The minimum absolute atomic E-state index is 0.732. The second-order valence-electron chi connectivity index (χ2n) is 7.47. The van der Waals surface area contributed by atoms with E-state index in [1.807, 2.05) is 0 Å². The molecule has 4 rings (SSSR count). The maximum atomic E-state index is 5.59. The van der Waals surface area contributed by atoms with E-state index < -0.39 is 0 Å². The molecule has 126 valence electrons. The Morgan fingerprint density at radius 3 is 2.74 bits per heavy atom. The summed E-state index contributed by atoms with van der Waals surface area (Å²) in [6, 6.07) is 7.42. The molecule has 0 N–H and O–H groups in total. The molecular formula is C20H30N2O. The van der Waals surface area contributed by atoms with Crippen LogP contribution in [-0.4, -0.2) is 55.7 Å². The summed E-state index contributed by atoms with van der Waals surface area (Å²) in [6.07, 6.45) is 8.05. The van der Waals surface area contributed by atoms with Crippen molar-refractivity contribution in [1.82, 2.24) is 9.80 Å². The monoisotopic (exact) mass is 314 g/mol. The molecule has 3 nitrogen and oxygen atoms in total. The molecule has 1 aromatic carbocycles. The predicted molar refractivity (Wildman–Crippen MR) is 94.3 cm³/mol. The number of hydrogen-bond donors (Lipinski definition) is 0. The van der Waals surface area contributed by atoms with Crippen molar-refractivity contribution in [2.24, 2.45) is 0 Å². The van der Waals surface area contributed by atoms with Crippen molar-refractivity contribution in [2.45, 2.75) is 50.5 Å². The van der Waals surface area contributed by atoms with Gasteiger partial charge in [-0.25, -0.2) is 0 Å². The third kappa shape index (κ3) is 3.01. The highest BCUT2D eigenvalue weighted by atomic mass is 16.5. The Kier molecular flexibility index (Phi) is 4.59. The van der Waals surface area contributed by atoms with Gasteiger partial charge in [0.2, 0.25) is 0 Å². The molecular weight excluding hydrogens is 284 g/mol. The topological polar surface area (TPSA) is 15.7 Å². The van der Waals surface area contributed by atoms with Crippen LogP contribution in [0, 0.1) is 0 Å². The number of fused-ring (bicyclic) bond motifs is 3. The molecule has 3 aliphatic rings. The lowest BCUT2D eigenvalue weighted by Crippen LogP contribution is -2.41. The Morgan fingerprint density at radius 2 is 1.91 bits per heavy atom. The fourth-order valence-electron chi connectivity index (χ4n) is 5.08. The first-order chi connectivity index (χ1) is 11.4. The summed E-state index contributed by atoms with van der Waals surface area (Å²) < 4.78 is 5.59. The minimum atomic E-state index is 0.732. The maximum Gasteiger partial charge on any atom is 0.122 e. The highest BCUT2D eigenvalue weighted by molar-refractivity contribution is 5.45. The Labute approximate surface area is 140 Å². The molecule has 1 aromatic rings. The number of hydrogen-bond acceptors (Lipinski definition) is 3. The molecule has 23 heavy (non-hydrogen) atoms. The molecule has 0 radical (unpaired) electrons. The molecule has 0 aromatic heterocycles. The zero-order valence-electron chi connectivity index (χ0n) is 14.5. The van der Waals surface area contributed by atoms with E-state index in [2.05, 4.69) is 28.0 Å². The minimum Gasteiger partial charge on any atom is -0.496 e. The van der Waals surface area contributed by atoms with E-state index in [1.165, 1.54) is 76.8 Å². The highest BCUT2D eigenvalue weighted by Crippen LogP contribution is 2.43. The number of ether oxygens (including phenoxy) is 1. The Balaban J connectivity index is 1.42. The van der Waals surface area contributed by atoms with Crippen LogP contribution in [0.15, 0.2) is 18.2 Å². The van der Waals surface area contributed by atoms with E-state index in [9.17, 15) is 0 Å². The van der Waals surface area contributed by atoms with Crippen LogP contribution in [0.1, 0.15) is 49.1 Å². The van der Waals surface area contributed by atoms with Gasteiger partial charge in [0, 0.05) is 25.0 Å². The van der Waals surface area contributed by atoms with Gasteiger partial charge in [-0.05, 0) is 68.9 Å². The Bertz CT molecular complexity index is 538. The average Bonchev–Trinajstić information content (AvgIpc) is 3.04. The van der Waals surface area contributed by atoms with Gasteiger partial charge in [-0.15, -0.1) is 0 Å². The summed E-state index contributed by atoms with van der Waals surface area (Å²) in [7, 11) is 1.81. The maximum absolute atomic E-state index is 5.59. The SMILES string of the molecule is COc1cccc2c1CC[C@H]1[C@@H]2CCN1CCN1CCCCC1. The second kappa shape index (κ2) is 6.82. The van der Waals surface area contributed by atoms with E-state index in [0.717, 1.165) is 17.7 Å². The van der Waals surface area contributed by atoms with Crippen LogP contribution in [0.4, 0.5) is 0 Å². The summed E-state index contributed by atoms with van der Waals surface area (Å²) in [6.45, 7) is 6.46. The summed E-state index contributed by atoms with van der Waals surface area (Å²) in [5.74, 6) is 1.84. The van der Waals surface area contributed by atoms with Gasteiger partial charge in [0.1, 0.15) is 5.75 Å². The summed E-state index contributed by atoms with van der Waals surface area (Å²) in [5.41, 5.74) is 3.05. The Morgan fingerprint density at radius 1 is 1.04 bits per heavy atom. The molecule has 2 aliphatic heterocycles. The molecule has 2 heterocycles. The van der Waals surface area contributed by atoms with Gasteiger partial charge in [-0.3, -0.25) is 4.90 Å². The molecule has 0 saturated carbocycles. The van der Waals surface area contributed by atoms with Crippen molar-refractivity contribution in [3.8, 4) is 5.75 Å². The zero-order valence-corrected chi connectivity index (χ0v) is 14.5. The number of rotatable bonds is 4. The van der Waals surface area contributed by atoms with Crippen LogP contribution < -0.4 is 4.74 Å². The van der Waals surface area contributed by atoms with Gasteiger partial charge in [-0.2, -0.15) is 0 Å². The van der Waals surface area contributed by atoms with Gasteiger partial charge >= 0.3 is 0 Å². The number of methoxy groups -OCH3 is 1. The van der Waals surface area contributed by atoms with Crippen molar-refractivity contribution in [2.75, 3.05) is 39.8 Å². The van der Waals surface area contributed by atoms with Crippen LogP contribution in [0.3, 0.4) is 0 Å². The molecule has 2 atom stereocenters. The molecule has 3 heteroatoms. The fourth-order valence-corrected chi connectivity index (χ4v) is 5.08. The first kappa shape index (κ1) is 15.5. The molecule has 2 fully saturated rings. The largest absolute Gasteiger partial charge is 0.496 e. The quantitative estimate of drug-likeness (QED) is 0.848. The van der Waals surface area contributed by atoms with Gasteiger partial charge in [-0.1, -0.05) is 18.6 Å².